The minimum absolute atomic E-state index is 0.781. The average molecular weight is 276 g/mol. The molecular weight excluding hydrogens is 266 g/mol. The van der Waals surface area contributed by atoms with Gasteiger partial charge in [0.05, 0.1) is 0 Å². The van der Waals surface area contributed by atoms with Gasteiger partial charge in [0.1, 0.15) is 0 Å². The zero-order chi connectivity index (χ0) is 11.0. The van der Waals surface area contributed by atoms with Crippen LogP contribution in [0.15, 0.2) is 41.1 Å². The van der Waals surface area contributed by atoms with Crippen LogP contribution in [-0.2, 0) is 6.42 Å². The number of nitrogens with zero attached hydrogens (tertiary/aromatic N) is 3. The van der Waals surface area contributed by atoms with Crippen molar-refractivity contribution in [3.8, 4) is 0 Å². The highest BCUT2D eigenvalue weighted by Crippen LogP contribution is 2.33. The second kappa shape index (κ2) is 3.87. The van der Waals surface area contributed by atoms with E-state index in [1.54, 1.807) is 12.4 Å². The first-order chi connectivity index (χ1) is 7.84. The van der Waals surface area contributed by atoms with Gasteiger partial charge >= 0.3 is 0 Å². The molecule has 1 aromatic carbocycles. The maximum Gasteiger partial charge on any atom is 0.229 e. The molecule has 0 fully saturated rings. The molecule has 3 nitrogen and oxygen atoms in total. The van der Waals surface area contributed by atoms with E-state index in [0.29, 0.717) is 0 Å². The lowest BCUT2D eigenvalue weighted by molar-refractivity contribution is 0.939. The SMILES string of the molecule is Brc1ccc2c(c1)CCN2c1ncccn1. The monoisotopic (exact) mass is 275 g/mol. The van der Waals surface area contributed by atoms with Crippen molar-refractivity contribution in [1.29, 1.82) is 0 Å². The number of benzene rings is 1. The minimum atomic E-state index is 0.781. The van der Waals surface area contributed by atoms with Crippen LogP contribution >= 0.6 is 15.9 Å². The Morgan fingerprint density at radius 1 is 1.19 bits per heavy atom. The number of fused-ring (bicyclic) bond motifs is 1. The summed E-state index contributed by atoms with van der Waals surface area (Å²) in [4.78, 5) is 10.7. The number of anilines is 2. The molecule has 1 aliphatic rings. The lowest BCUT2D eigenvalue weighted by Crippen LogP contribution is -2.15. The highest BCUT2D eigenvalue weighted by Gasteiger charge is 2.21. The van der Waals surface area contributed by atoms with E-state index in [1.807, 2.05) is 6.07 Å². The fourth-order valence-corrected chi connectivity index (χ4v) is 2.42. The zero-order valence-electron chi connectivity index (χ0n) is 8.60. The second-order valence-corrected chi connectivity index (χ2v) is 4.64. The highest BCUT2D eigenvalue weighted by molar-refractivity contribution is 9.10. The molecule has 0 saturated carbocycles. The molecule has 80 valence electrons. The summed E-state index contributed by atoms with van der Waals surface area (Å²) < 4.78 is 1.13. The van der Waals surface area contributed by atoms with E-state index in [9.17, 15) is 0 Å². The normalized spacial score (nSPS) is 13.9. The lowest BCUT2D eigenvalue weighted by Gasteiger charge is -2.16. The first-order valence-corrected chi connectivity index (χ1v) is 5.97. The van der Waals surface area contributed by atoms with Crippen LogP contribution in [0.5, 0.6) is 0 Å². The molecule has 0 amide bonds. The molecule has 0 spiro atoms. The van der Waals surface area contributed by atoms with E-state index >= 15 is 0 Å². The van der Waals surface area contributed by atoms with E-state index in [4.69, 9.17) is 0 Å². The maximum atomic E-state index is 4.29. The molecule has 16 heavy (non-hydrogen) atoms. The van der Waals surface area contributed by atoms with Gasteiger partial charge in [-0.15, -0.1) is 0 Å². The molecule has 1 aliphatic heterocycles. The van der Waals surface area contributed by atoms with Gasteiger partial charge in [0, 0.05) is 29.1 Å². The summed E-state index contributed by atoms with van der Waals surface area (Å²) in [6, 6.07) is 8.17. The molecule has 0 bridgehead atoms. The van der Waals surface area contributed by atoms with Gasteiger partial charge < -0.3 is 4.90 Å². The molecule has 0 N–H and O–H groups in total. The number of hydrogen-bond acceptors (Lipinski definition) is 3. The van der Waals surface area contributed by atoms with Crippen molar-refractivity contribution in [2.45, 2.75) is 6.42 Å². The Balaban J connectivity index is 2.04. The van der Waals surface area contributed by atoms with Crippen molar-refractivity contribution in [2.24, 2.45) is 0 Å². The van der Waals surface area contributed by atoms with Gasteiger partial charge in [-0.2, -0.15) is 0 Å². The third kappa shape index (κ3) is 1.59. The Morgan fingerprint density at radius 2 is 2.00 bits per heavy atom. The smallest absolute Gasteiger partial charge is 0.229 e. The van der Waals surface area contributed by atoms with Crippen molar-refractivity contribution in [1.82, 2.24) is 9.97 Å². The van der Waals surface area contributed by atoms with Crippen LogP contribution in [-0.4, -0.2) is 16.5 Å². The molecule has 4 heteroatoms. The third-order valence-electron chi connectivity index (χ3n) is 2.73. The van der Waals surface area contributed by atoms with Crippen LogP contribution in [0.1, 0.15) is 5.56 Å². The summed E-state index contributed by atoms with van der Waals surface area (Å²) in [6.07, 6.45) is 4.60. The molecule has 2 aromatic rings. The second-order valence-electron chi connectivity index (χ2n) is 3.72. The largest absolute Gasteiger partial charge is 0.310 e. The number of halogens is 1. The Kier molecular flexibility index (Phi) is 2.36. The molecule has 0 saturated heterocycles. The summed E-state index contributed by atoms with van der Waals surface area (Å²) in [6.45, 7) is 0.954. The summed E-state index contributed by atoms with van der Waals surface area (Å²) in [5.74, 6) is 0.781. The van der Waals surface area contributed by atoms with Crippen molar-refractivity contribution in [3.63, 3.8) is 0 Å². The van der Waals surface area contributed by atoms with Crippen molar-refractivity contribution < 1.29 is 0 Å². The van der Waals surface area contributed by atoms with E-state index in [2.05, 4.69) is 49.0 Å². The predicted molar refractivity (Wildman–Crippen MR) is 66.9 cm³/mol. The third-order valence-corrected chi connectivity index (χ3v) is 3.22. The van der Waals surface area contributed by atoms with Crippen LogP contribution in [0.2, 0.25) is 0 Å². The van der Waals surface area contributed by atoms with Gasteiger partial charge in [-0.1, -0.05) is 15.9 Å². The van der Waals surface area contributed by atoms with Crippen molar-refractivity contribution in [2.75, 3.05) is 11.4 Å². The van der Waals surface area contributed by atoms with Gasteiger partial charge in [-0.25, -0.2) is 9.97 Å². The van der Waals surface area contributed by atoms with E-state index < -0.39 is 0 Å². The fraction of sp³-hybridized carbons (Fsp3) is 0.167. The van der Waals surface area contributed by atoms with Crippen LogP contribution in [0.25, 0.3) is 0 Å². The Bertz CT molecular complexity index is 513. The zero-order valence-corrected chi connectivity index (χ0v) is 10.2. The molecule has 2 heterocycles. The number of aromatic nitrogens is 2. The minimum Gasteiger partial charge on any atom is -0.310 e. The topological polar surface area (TPSA) is 29.0 Å². The maximum absolute atomic E-state index is 4.29. The molecule has 0 radical (unpaired) electrons. The van der Waals surface area contributed by atoms with Crippen LogP contribution < -0.4 is 4.90 Å². The predicted octanol–water partition coefficient (Wildman–Crippen LogP) is 2.93. The highest BCUT2D eigenvalue weighted by atomic mass is 79.9. The molecule has 0 atom stereocenters. The lowest BCUT2D eigenvalue weighted by atomic mass is 10.2. The van der Waals surface area contributed by atoms with Gasteiger partial charge in [0.25, 0.3) is 0 Å². The average Bonchev–Trinajstić information content (AvgIpc) is 2.73. The van der Waals surface area contributed by atoms with Gasteiger partial charge in [-0.05, 0) is 36.2 Å². The number of hydrogen-bond donors (Lipinski definition) is 0. The molecule has 1 aromatic heterocycles. The van der Waals surface area contributed by atoms with Crippen LogP contribution in [0.4, 0.5) is 11.6 Å². The van der Waals surface area contributed by atoms with Gasteiger partial charge in [0.15, 0.2) is 0 Å². The molecule has 0 unspecified atom stereocenters. The summed E-state index contributed by atoms with van der Waals surface area (Å²) in [7, 11) is 0. The standard InChI is InChI=1S/C12H10BrN3/c13-10-2-3-11-9(8-10)4-7-16(11)12-14-5-1-6-15-12/h1-3,5-6,8H,4,7H2. The van der Waals surface area contributed by atoms with E-state index in [-0.39, 0.29) is 0 Å². The Hall–Kier alpha value is -1.42. The number of rotatable bonds is 1. The Morgan fingerprint density at radius 3 is 2.81 bits per heavy atom. The van der Waals surface area contributed by atoms with Crippen molar-refractivity contribution >= 4 is 27.6 Å². The Labute approximate surface area is 102 Å². The summed E-state index contributed by atoms with van der Waals surface area (Å²) in [5, 5.41) is 0. The van der Waals surface area contributed by atoms with Crippen LogP contribution in [0, 0.1) is 0 Å². The van der Waals surface area contributed by atoms with Gasteiger partial charge in [-0.3, -0.25) is 0 Å². The quantitative estimate of drug-likeness (QED) is 0.802. The first-order valence-electron chi connectivity index (χ1n) is 5.17. The van der Waals surface area contributed by atoms with E-state index in [1.165, 1.54) is 11.3 Å². The molecule has 3 rings (SSSR count). The fourth-order valence-electron chi connectivity index (χ4n) is 2.01. The van der Waals surface area contributed by atoms with E-state index in [0.717, 1.165) is 23.4 Å². The first kappa shape index (κ1) is 9.78. The molecular formula is C12H10BrN3. The summed E-state index contributed by atoms with van der Waals surface area (Å²) >= 11 is 3.49. The van der Waals surface area contributed by atoms with Crippen LogP contribution in [0.3, 0.4) is 0 Å². The van der Waals surface area contributed by atoms with Crippen molar-refractivity contribution in [3.05, 3.63) is 46.7 Å². The molecule has 0 aliphatic carbocycles. The summed E-state index contributed by atoms with van der Waals surface area (Å²) in [5.41, 5.74) is 2.57. The van der Waals surface area contributed by atoms with Gasteiger partial charge in [0.2, 0.25) is 5.95 Å².